The fourth-order valence-electron chi connectivity index (χ4n) is 2.56. The van der Waals surface area contributed by atoms with E-state index in [4.69, 9.17) is 17.3 Å². The molecular weight excluding hydrogens is 295 g/mol. The summed E-state index contributed by atoms with van der Waals surface area (Å²) in [4.78, 5) is 2.37. The largest absolute Gasteiger partial charge is 0.329 e. The third-order valence-corrected chi connectivity index (χ3v) is 5.54. The maximum Gasteiger partial charge on any atom is 0.142 e. The molecule has 1 aromatic rings. The second-order valence-electron chi connectivity index (χ2n) is 5.82. The Labute approximate surface area is 129 Å². The van der Waals surface area contributed by atoms with Crippen LogP contribution in [0.15, 0.2) is 18.2 Å². The van der Waals surface area contributed by atoms with E-state index in [0.717, 1.165) is 30.8 Å². The monoisotopic (exact) mass is 316 g/mol. The van der Waals surface area contributed by atoms with Gasteiger partial charge in [0.15, 0.2) is 0 Å². The smallest absolute Gasteiger partial charge is 0.142 e. The summed E-state index contributed by atoms with van der Waals surface area (Å²) in [5.41, 5.74) is 6.85. The molecule has 1 saturated heterocycles. The summed E-state index contributed by atoms with van der Waals surface area (Å²) in [5, 5.41) is 0.164. The summed E-state index contributed by atoms with van der Waals surface area (Å²) >= 11 is 7.75. The zero-order chi connectivity index (χ0) is 14.8. The van der Waals surface area contributed by atoms with Gasteiger partial charge in [0, 0.05) is 36.2 Å². The first-order chi connectivity index (χ1) is 9.43. The fourth-order valence-corrected chi connectivity index (χ4v) is 3.79. The van der Waals surface area contributed by atoms with Gasteiger partial charge in [-0.1, -0.05) is 31.5 Å². The van der Waals surface area contributed by atoms with Crippen LogP contribution in [0.2, 0.25) is 5.02 Å². The highest BCUT2D eigenvalue weighted by Crippen LogP contribution is 2.33. The Morgan fingerprint density at radius 3 is 2.85 bits per heavy atom. The lowest BCUT2D eigenvalue weighted by Gasteiger charge is -2.30. The van der Waals surface area contributed by atoms with E-state index in [-0.39, 0.29) is 16.9 Å². The van der Waals surface area contributed by atoms with Crippen molar-refractivity contribution < 1.29 is 4.39 Å². The Morgan fingerprint density at radius 1 is 1.45 bits per heavy atom. The van der Waals surface area contributed by atoms with Gasteiger partial charge in [0.1, 0.15) is 5.82 Å². The van der Waals surface area contributed by atoms with Gasteiger partial charge in [-0.05, 0) is 24.1 Å². The molecule has 0 bridgehead atoms. The van der Waals surface area contributed by atoms with Gasteiger partial charge in [-0.15, -0.1) is 0 Å². The van der Waals surface area contributed by atoms with E-state index in [1.807, 2.05) is 17.8 Å². The molecule has 0 aromatic heterocycles. The van der Waals surface area contributed by atoms with Crippen molar-refractivity contribution in [2.75, 3.05) is 25.4 Å². The molecule has 1 aliphatic heterocycles. The molecule has 2 nitrogen and oxygen atoms in total. The van der Waals surface area contributed by atoms with E-state index in [0.29, 0.717) is 11.3 Å². The van der Waals surface area contributed by atoms with Gasteiger partial charge >= 0.3 is 0 Å². The third kappa shape index (κ3) is 3.88. The maximum atomic E-state index is 13.7. The quantitative estimate of drug-likeness (QED) is 0.922. The zero-order valence-electron chi connectivity index (χ0n) is 12.0. The van der Waals surface area contributed by atoms with E-state index >= 15 is 0 Å². The van der Waals surface area contributed by atoms with Crippen molar-refractivity contribution >= 4 is 23.4 Å². The van der Waals surface area contributed by atoms with Crippen molar-refractivity contribution in [3.8, 4) is 0 Å². The minimum Gasteiger partial charge on any atom is -0.329 e. The van der Waals surface area contributed by atoms with Crippen molar-refractivity contribution in [2.45, 2.75) is 31.1 Å². The molecule has 5 heteroatoms. The summed E-state index contributed by atoms with van der Waals surface area (Å²) in [5.74, 6) is 0.715. The van der Waals surface area contributed by atoms with Crippen LogP contribution in [-0.2, 0) is 0 Å². The molecule has 20 heavy (non-hydrogen) atoms. The highest BCUT2D eigenvalue weighted by Gasteiger charge is 2.27. The highest BCUT2D eigenvalue weighted by molar-refractivity contribution is 8.00. The number of hydrogen-bond donors (Lipinski definition) is 1. The van der Waals surface area contributed by atoms with E-state index in [1.165, 1.54) is 6.07 Å². The molecule has 0 amide bonds. The lowest BCUT2D eigenvalue weighted by atomic mass is 10.0. The van der Waals surface area contributed by atoms with Gasteiger partial charge < -0.3 is 5.73 Å². The number of thioether (sulfide) groups is 1. The molecule has 112 valence electrons. The molecule has 2 rings (SSSR count). The number of rotatable bonds is 3. The van der Waals surface area contributed by atoms with E-state index in [2.05, 4.69) is 18.7 Å². The fraction of sp³-hybridized carbons (Fsp3) is 0.600. The number of nitrogens with two attached hydrogens (primary N) is 1. The van der Waals surface area contributed by atoms with Gasteiger partial charge in [0.25, 0.3) is 0 Å². The van der Waals surface area contributed by atoms with Crippen molar-refractivity contribution in [3.63, 3.8) is 0 Å². The van der Waals surface area contributed by atoms with Gasteiger partial charge in [0.2, 0.25) is 0 Å². The summed E-state index contributed by atoms with van der Waals surface area (Å²) < 4.78 is 14.0. The molecule has 2 N–H and O–H groups in total. The molecule has 1 heterocycles. The topological polar surface area (TPSA) is 29.3 Å². The normalized spacial score (nSPS) is 21.4. The lowest BCUT2D eigenvalue weighted by Crippen LogP contribution is -2.36. The van der Waals surface area contributed by atoms with Crippen LogP contribution in [0.25, 0.3) is 0 Å². The van der Waals surface area contributed by atoms with E-state index < -0.39 is 0 Å². The minimum absolute atomic E-state index is 0.0660. The Kier molecular flexibility index (Phi) is 5.35. The van der Waals surface area contributed by atoms with Gasteiger partial charge in [-0.2, -0.15) is 11.8 Å². The highest BCUT2D eigenvalue weighted by atomic mass is 35.5. The first-order valence-electron chi connectivity index (χ1n) is 6.96. The second kappa shape index (κ2) is 6.65. The first-order valence-corrected chi connectivity index (χ1v) is 8.32. The van der Waals surface area contributed by atoms with Crippen LogP contribution in [0.3, 0.4) is 0 Å². The Balaban J connectivity index is 2.17. The van der Waals surface area contributed by atoms with Crippen LogP contribution >= 0.6 is 23.4 Å². The van der Waals surface area contributed by atoms with Crippen LogP contribution in [0.1, 0.15) is 31.9 Å². The van der Waals surface area contributed by atoms with Crippen molar-refractivity contribution in [1.29, 1.82) is 0 Å². The predicted molar refractivity (Wildman–Crippen MR) is 85.9 cm³/mol. The molecule has 1 aliphatic rings. The number of benzene rings is 1. The zero-order valence-corrected chi connectivity index (χ0v) is 13.6. The maximum absolute atomic E-state index is 13.7. The van der Waals surface area contributed by atoms with Crippen LogP contribution in [0.5, 0.6) is 0 Å². The van der Waals surface area contributed by atoms with Crippen LogP contribution in [0.4, 0.5) is 4.39 Å². The number of hydrogen-bond acceptors (Lipinski definition) is 3. The minimum atomic E-state index is -0.368. The van der Waals surface area contributed by atoms with Crippen LogP contribution < -0.4 is 5.73 Å². The Bertz CT molecular complexity index is 467. The lowest BCUT2D eigenvalue weighted by molar-refractivity contribution is 0.210. The first kappa shape index (κ1) is 16.1. The molecule has 0 saturated carbocycles. The van der Waals surface area contributed by atoms with Crippen molar-refractivity contribution in [2.24, 2.45) is 5.73 Å². The summed E-state index contributed by atoms with van der Waals surface area (Å²) in [6.45, 7) is 7.03. The molecule has 0 aliphatic carbocycles. The third-order valence-electron chi connectivity index (χ3n) is 3.86. The van der Waals surface area contributed by atoms with E-state index in [9.17, 15) is 4.39 Å². The van der Waals surface area contributed by atoms with Gasteiger partial charge in [-0.3, -0.25) is 4.90 Å². The molecule has 0 spiro atoms. The van der Waals surface area contributed by atoms with E-state index in [1.54, 1.807) is 6.07 Å². The average molecular weight is 317 g/mol. The summed E-state index contributed by atoms with van der Waals surface area (Å²) in [6.07, 6.45) is 1.12. The van der Waals surface area contributed by atoms with Crippen molar-refractivity contribution in [1.82, 2.24) is 4.90 Å². The molecule has 0 radical (unpaired) electrons. The predicted octanol–water partition coefficient (Wildman–Crippen LogP) is 3.70. The number of halogens is 2. The Hall–Kier alpha value is -0.290. The molecule has 1 unspecified atom stereocenters. The Morgan fingerprint density at radius 2 is 2.20 bits per heavy atom. The van der Waals surface area contributed by atoms with Gasteiger partial charge in [-0.25, -0.2) is 4.39 Å². The SMILES string of the molecule is CC1(C)CCN(C(CN)c2ccc(Cl)c(F)c2)CCS1. The van der Waals surface area contributed by atoms with Crippen LogP contribution in [-0.4, -0.2) is 35.0 Å². The summed E-state index contributed by atoms with van der Waals surface area (Å²) in [7, 11) is 0. The number of nitrogens with zero attached hydrogens (tertiary/aromatic N) is 1. The molecule has 1 fully saturated rings. The van der Waals surface area contributed by atoms with Gasteiger partial charge in [0.05, 0.1) is 5.02 Å². The molecule has 1 atom stereocenters. The molecule has 1 aromatic carbocycles. The van der Waals surface area contributed by atoms with Crippen molar-refractivity contribution in [3.05, 3.63) is 34.6 Å². The average Bonchev–Trinajstić information content (AvgIpc) is 2.56. The second-order valence-corrected chi connectivity index (χ2v) is 8.03. The van der Waals surface area contributed by atoms with Crippen LogP contribution in [0, 0.1) is 5.82 Å². The standard InChI is InChI=1S/C15H22ClFN2S/c1-15(2)5-6-19(7-8-20-15)14(10-18)11-3-4-12(16)13(17)9-11/h3-4,9,14H,5-8,10,18H2,1-2H3. The summed E-state index contributed by atoms with van der Waals surface area (Å²) in [6, 6.07) is 5.08. The molecular formula is C15H22ClFN2S.